The van der Waals surface area contributed by atoms with Crippen molar-refractivity contribution in [2.24, 2.45) is 5.41 Å². The SMILES string of the molecule is Cc1cccnc1CNCCC(C)(C)C#N. The van der Waals surface area contributed by atoms with Crippen molar-refractivity contribution in [2.75, 3.05) is 6.54 Å². The zero-order valence-electron chi connectivity index (χ0n) is 10.2. The molecular formula is C13H19N3. The Labute approximate surface area is 97.5 Å². The van der Waals surface area contributed by atoms with E-state index in [1.807, 2.05) is 26.1 Å². The van der Waals surface area contributed by atoms with Gasteiger partial charge in [-0.1, -0.05) is 6.07 Å². The molecule has 0 radical (unpaired) electrons. The number of rotatable bonds is 5. The first-order valence-corrected chi connectivity index (χ1v) is 5.57. The molecule has 16 heavy (non-hydrogen) atoms. The van der Waals surface area contributed by atoms with E-state index in [1.54, 1.807) is 0 Å². The molecule has 0 unspecified atom stereocenters. The first-order chi connectivity index (χ1) is 7.55. The van der Waals surface area contributed by atoms with Crippen molar-refractivity contribution >= 4 is 0 Å². The molecular weight excluding hydrogens is 198 g/mol. The first-order valence-electron chi connectivity index (χ1n) is 5.57. The van der Waals surface area contributed by atoms with Crippen LogP contribution in [0.4, 0.5) is 0 Å². The van der Waals surface area contributed by atoms with Crippen LogP contribution in [0.2, 0.25) is 0 Å². The standard InChI is InChI=1S/C13H19N3/c1-11-5-4-7-16-12(11)9-15-8-6-13(2,3)10-14/h4-5,7,15H,6,8-9H2,1-3H3. The van der Waals surface area contributed by atoms with E-state index in [0.717, 1.165) is 25.2 Å². The molecule has 3 heteroatoms. The van der Waals surface area contributed by atoms with E-state index in [2.05, 4.69) is 29.4 Å². The van der Waals surface area contributed by atoms with Gasteiger partial charge in [0.1, 0.15) is 0 Å². The average Bonchev–Trinajstić information content (AvgIpc) is 2.27. The summed E-state index contributed by atoms with van der Waals surface area (Å²) in [5, 5.41) is 12.2. The normalized spacial score (nSPS) is 11.1. The summed E-state index contributed by atoms with van der Waals surface area (Å²) in [5.41, 5.74) is 2.04. The Bertz CT molecular complexity index is 377. The lowest BCUT2D eigenvalue weighted by atomic mass is 9.91. The second-order valence-electron chi connectivity index (χ2n) is 4.69. The number of nitrogens with one attached hydrogen (secondary N) is 1. The topological polar surface area (TPSA) is 48.7 Å². The minimum atomic E-state index is -0.244. The van der Waals surface area contributed by atoms with Gasteiger partial charge in [0, 0.05) is 12.7 Å². The highest BCUT2D eigenvalue weighted by atomic mass is 14.9. The van der Waals surface area contributed by atoms with Crippen molar-refractivity contribution in [1.29, 1.82) is 5.26 Å². The lowest BCUT2D eigenvalue weighted by Gasteiger charge is -2.15. The molecule has 1 N–H and O–H groups in total. The highest BCUT2D eigenvalue weighted by Crippen LogP contribution is 2.17. The van der Waals surface area contributed by atoms with Crippen molar-refractivity contribution in [2.45, 2.75) is 33.7 Å². The summed E-state index contributed by atoms with van der Waals surface area (Å²) in [7, 11) is 0. The monoisotopic (exact) mass is 217 g/mol. The third-order valence-corrected chi connectivity index (χ3v) is 2.64. The van der Waals surface area contributed by atoms with Gasteiger partial charge in [0.2, 0.25) is 0 Å². The predicted molar refractivity (Wildman–Crippen MR) is 64.7 cm³/mol. The van der Waals surface area contributed by atoms with E-state index in [-0.39, 0.29) is 5.41 Å². The highest BCUT2D eigenvalue weighted by molar-refractivity contribution is 5.17. The van der Waals surface area contributed by atoms with Crippen molar-refractivity contribution in [1.82, 2.24) is 10.3 Å². The van der Waals surface area contributed by atoms with E-state index in [1.165, 1.54) is 5.56 Å². The Kier molecular flexibility index (Phi) is 4.45. The van der Waals surface area contributed by atoms with Gasteiger partial charge in [-0.3, -0.25) is 4.98 Å². The fraction of sp³-hybridized carbons (Fsp3) is 0.538. The number of hydrogen-bond acceptors (Lipinski definition) is 3. The number of aromatic nitrogens is 1. The van der Waals surface area contributed by atoms with Gasteiger partial charge in [0.05, 0.1) is 17.2 Å². The van der Waals surface area contributed by atoms with Crippen molar-refractivity contribution in [3.63, 3.8) is 0 Å². The van der Waals surface area contributed by atoms with Crippen LogP contribution >= 0.6 is 0 Å². The molecule has 3 nitrogen and oxygen atoms in total. The maximum absolute atomic E-state index is 8.86. The molecule has 0 atom stereocenters. The quantitative estimate of drug-likeness (QED) is 0.770. The number of hydrogen-bond donors (Lipinski definition) is 1. The van der Waals surface area contributed by atoms with E-state index < -0.39 is 0 Å². The van der Waals surface area contributed by atoms with Crippen LogP contribution < -0.4 is 5.32 Å². The smallest absolute Gasteiger partial charge is 0.0684 e. The summed E-state index contributed by atoms with van der Waals surface area (Å²) in [4.78, 5) is 4.30. The fourth-order valence-corrected chi connectivity index (χ4v) is 1.37. The maximum atomic E-state index is 8.86. The van der Waals surface area contributed by atoms with Crippen LogP contribution in [-0.4, -0.2) is 11.5 Å². The molecule has 0 aliphatic rings. The molecule has 0 bridgehead atoms. The van der Waals surface area contributed by atoms with Crippen LogP contribution in [-0.2, 0) is 6.54 Å². The molecule has 86 valence electrons. The summed E-state index contributed by atoms with van der Waals surface area (Å²) in [6.07, 6.45) is 2.67. The molecule has 0 saturated carbocycles. The van der Waals surface area contributed by atoms with Crippen molar-refractivity contribution < 1.29 is 0 Å². The zero-order valence-corrected chi connectivity index (χ0v) is 10.2. The summed E-state index contributed by atoms with van der Waals surface area (Å²) < 4.78 is 0. The first kappa shape index (κ1) is 12.7. The Balaban J connectivity index is 2.33. The van der Waals surface area contributed by atoms with Gasteiger partial charge >= 0.3 is 0 Å². The van der Waals surface area contributed by atoms with Gasteiger partial charge in [-0.15, -0.1) is 0 Å². The number of nitrogens with zero attached hydrogens (tertiary/aromatic N) is 2. The van der Waals surface area contributed by atoms with Gasteiger partial charge < -0.3 is 5.32 Å². The Morgan fingerprint density at radius 2 is 2.25 bits per heavy atom. The molecule has 0 fully saturated rings. The van der Waals surface area contributed by atoms with E-state index >= 15 is 0 Å². The lowest BCUT2D eigenvalue weighted by Crippen LogP contribution is -2.21. The molecule has 0 aliphatic heterocycles. The summed E-state index contributed by atoms with van der Waals surface area (Å²) >= 11 is 0. The highest BCUT2D eigenvalue weighted by Gasteiger charge is 2.15. The minimum absolute atomic E-state index is 0.244. The van der Waals surface area contributed by atoms with Crippen LogP contribution in [0.15, 0.2) is 18.3 Å². The fourth-order valence-electron chi connectivity index (χ4n) is 1.37. The molecule has 1 aromatic rings. The Morgan fingerprint density at radius 3 is 2.88 bits per heavy atom. The third-order valence-electron chi connectivity index (χ3n) is 2.64. The second-order valence-corrected chi connectivity index (χ2v) is 4.69. The number of nitriles is 1. The van der Waals surface area contributed by atoms with Gasteiger partial charge in [-0.2, -0.15) is 5.26 Å². The van der Waals surface area contributed by atoms with Crippen LogP contribution in [0.1, 0.15) is 31.5 Å². The molecule has 0 saturated heterocycles. The third kappa shape index (κ3) is 4.00. The lowest BCUT2D eigenvalue weighted by molar-refractivity contribution is 0.431. The van der Waals surface area contributed by atoms with Crippen molar-refractivity contribution in [3.8, 4) is 6.07 Å². The van der Waals surface area contributed by atoms with Crippen molar-refractivity contribution in [3.05, 3.63) is 29.6 Å². The van der Waals surface area contributed by atoms with Gasteiger partial charge in [-0.05, 0) is 45.4 Å². The summed E-state index contributed by atoms with van der Waals surface area (Å²) in [6, 6.07) is 6.30. The van der Waals surface area contributed by atoms with Crippen LogP contribution in [0.25, 0.3) is 0 Å². The molecule has 0 spiro atoms. The molecule has 1 heterocycles. The van der Waals surface area contributed by atoms with Crippen LogP contribution in [0.5, 0.6) is 0 Å². The molecule has 0 amide bonds. The van der Waals surface area contributed by atoms with Crippen LogP contribution in [0.3, 0.4) is 0 Å². The van der Waals surface area contributed by atoms with Crippen LogP contribution in [0, 0.1) is 23.7 Å². The summed E-state index contributed by atoms with van der Waals surface area (Å²) in [5.74, 6) is 0. The molecule has 1 aromatic heterocycles. The number of pyridine rings is 1. The molecule has 1 rings (SSSR count). The number of aryl methyl sites for hydroxylation is 1. The van der Waals surface area contributed by atoms with E-state index in [9.17, 15) is 0 Å². The Morgan fingerprint density at radius 1 is 1.50 bits per heavy atom. The van der Waals surface area contributed by atoms with Gasteiger partial charge in [0.25, 0.3) is 0 Å². The van der Waals surface area contributed by atoms with Gasteiger partial charge in [0.15, 0.2) is 0 Å². The second kappa shape index (κ2) is 5.62. The largest absolute Gasteiger partial charge is 0.311 e. The Hall–Kier alpha value is -1.40. The molecule has 0 aromatic carbocycles. The predicted octanol–water partition coefficient (Wildman–Crippen LogP) is 2.42. The van der Waals surface area contributed by atoms with E-state index in [0.29, 0.717) is 0 Å². The van der Waals surface area contributed by atoms with E-state index in [4.69, 9.17) is 5.26 Å². The van der Waals surface area contributed by atoms with Gasteiger partial charge in [-0.25, -0.2) is 0 Å². The average molecular weight is 217 g/mol. The molecule has 0 aliphatic carbocycles. The maximum Gasteiger partial charge on any atom is 0.0684 e. The zero-order chi connectivity index (χ0) is 12.0. The summed E-state index contributed by atoms with van der Waals surface area (Å²) in [6.45, 7) is 7.59. The minimum Gasteiger partial charge on any atom is -0.311 e.